The number of hydrogen-bond donors (Lipinski definition) is 1. The zero-order chi connectivity index (χ0) is 17.8. The fraction of sp³-hybridized carbons (Fsp3) is 0.421. The van der Waals surface area contributed by atoms with Gasteiger partial charge < -0.3 is 10.2 Å². The summed E-state index contributed by atoms with van der Waals surface area (Å²) in [6.45, 7) is 4.57. The first-order chi connectivity index (χ1) is 12.1. The molecule has 2 amide bonds. The largest absolute Gasteiger partial charge is 0.348 e. The molecule has 1 fully saturated rings. The zero-order valence-corrected chi connectivity index (χ0v) is 14.7. The van der Waals surface area contributed by atoms with Gasteiger partial charge in [-0.2, -0.15) is 5.10 Å². The van der Waals surface area contributed by atoms with Crippen LogP contribution in [-0.4, -0.2) is 39.1 Å². The van der Waals surface area contributed by atoms with E-state index in [0.29, 0.717) is 19.4 Å². The molecule has 6 heteroatoms. The van der Waals surface area contributed by atoms with Crippen LogP contribution in [-0.2, 0) is 9.59 Å². The molecule has 1 N–H and O–H groups in total. The van der Waals surface area contributed by atoms with E-state index in [1.165, 1.54) is 0 Å². The minimum atomic E-state index is -0.383. The van der Waals surface area contributed by atoms with Crippen LogP contribution in [0, 0.1) is 0 Å². The van der Waals surface area contributed by atoms with Crippen molar-refractivity contribution in [2.75, 3.05) is 6.54 Å². The lowest BCUT2D eigenvalue weighted by Gasteiger charge is -2.27. The molecule has 1 aliphatic heterocycles. The molecule has 1 aliphatic rings. The first-order valence-corrected chi connectivity index (χ1v) is 8.80. The van der Waals surface area contributed by atoms with Crippen molar-refractivity contribution in [1.29, 1.82) is 0 Å². The standard InChI is InChI=1S/C19H24N4O2/c1-3-17(22-11-5-9-18(22)24)19(25)21-14(2)15-7-4-8-16(13-15)23-12-6-10-20-23/h4,6-8,10,12-14,17H,3,5,9,11H2,1-2H3,(H,21,25)/t14-,17-/m1/s1. The highest BCUT2D eigenvalue weighted by atomic mass is 16.2. The quantitative estimate of drug-likeness (QED) is 0.878. The lowest BCUT2D eigenvalue weighted by Crippen LogP contribution is -2.47. The van der Waals surface area contributed by atoms with Gasteiger partial charge in [-0.25, -0.2) is 4.68 Å². The first-order valence-electron chi connectivity index (χ1n) is 8.80. The molecule has 2 atom stereocenters. The number of aromatic nitrogens is 2. The number of carbonyl (C=O) groups is 2. The van der Waals surface area contributed by atoms with Crippen LogP contribution < -0.4 is 5.32 Å². The normalized spacial score (nSPS) is 16.7. The third kappa shape index (κ3) is 3.73. The van der Waals surface area contributed by atoms with Crippen molar-refractivity contribution in [3.05, 3.63) is 48.3 Å². The van der Waals surface area contributed by atoms with Gasteiger partial charge in [0.25, 0.3) is 0 Å². The van der Waals surface area contributed by atoms with Gasteiger partial charge in [0.2, 0.25) is 11.8 Å². The van der Waals surface area contributed by atoms with Gasteiger partial charge in [-0.1, -0.05) is 19.1 Å². The smallest absolute Gasteiger partial charge is 0.243 e. The van der Waals surface area contributed by atoms with E-state index in [4.69, 9.17) is 0 Å². The summed E-state index contributed by atoms with van der Waals surface area (Å²) < 4.78 is 1.79. The van der Waals surface area contributed by atoms with Gasteiger partial charge in [0.1, 0.15) is 6.04 Å². The number of hydrogen-bond acceptors (Lipinski definition) is 3. The monoisotopic (exact) mass is 340 g/mol. The van der Waals surface area contributed by atoms with Crippen LogP contribution in [0.5, 0.6) is 0 Å². The summed E-state index contributed by atoms with van der Waals surface area (Å²) in [4.78, 5) is 26.3. The number of benzene rings is 1. The maximum absolute atomic E-state index is 12.7. The Balaban J connectivity index is 1.71. The van der Waals surface area contributed by atoms with E-state index < -0.39 is 0 Å². The average molecular weight is 340 g/mol. The summed E-state index contributed by atoms with van der Waals surface area (Å²) >= 11 is 0. The number of nitrogens with zero attached hydrogens (tertiary/aromatic N) is 3. The Hall–Kier alpha value is -2.63. The summed E-state index contributed by atoms with van der Waals surface area (Å²) in [6, 6.07) is 9.27. The van der Waals surface area contributed by atoms with Crippen molar-refractivity contribution in [2.24, 2.45) is 0 Å². The van der Waals surface area contributed by atoms with Crippen molar-refractivity contribution in [3.63, 3.8) is 0 Å². The summed E-state index contributed by atoms with van der Waals surface area (Å²) in [7, 11) is 0. The van der Waals surface area contributed by atoms with Gasteiger partial charge in [-0.3, -0.25) is 9.59 Å². The Kier molecular flexibility index (Phi) is 5.16. The SMILES string of the molecule is CC[C@H](C(=O)N[C@H](C)c1cccc(-n2cccn2)c1)N1CCCC1=O. The Morgan fingerprint density at radius 1 is 1.36 bits per heavy atom. The van der Waals surface area contributed by atoms with E-state index in [1.807, 2.05) is 50.4 Å². The van der Waals surface area contributed by atoms with E-state index in [0.717, 1.165) is 17.7 Å². The van der Waals surface area contributed by atoms with Crippen molar-refractivity contribution >= 4 is 11.8 Å². The Bertz CT molecular complexity index is 742. The zero-order valence-electron chi connectivity index (χ0n) is 14.7. The molecule has 1 aromatic carbocycles. The molecular weight excluding hydrogens is 316 g/mol. The van der Waals surface area contributed by atoms with E-state index in [2.05, 4.69) is 10.4 Å². The van der Waals surface area contributed by atoms with Gasteiger partial charge in [0.05, 0.1) is 11.7 Å². The van der Waals surface area contributed by atoms with Gasteiger partial charge >= 0.3 is 0 Å². The third-order valence-corrected chi connectivity index (χ3v) is 4.67. The number of carbonyl (C=O) groups excluding carboxylic acids is 2. The molecule has 2 heterocycles. The van der Waals surface area contributed by atoms with E-state index >= 15 is 0 Å². The molecule has 0 saturated carbocycles. The summed E-state index contributed by atoms with van der Waals surface area (Å²) in [5.41, 5.74) is 1.95. The van der Waals surface area contributed by atoms with Crippen LogP contribution >= 0.6 is 0 Å². The summed E-state index contributed by atoms with van der Waals surface area (Å²) in [5.74, 6) is -0.00919. The second-order valence-electron chi connectivity index (χ2n) is 6.39. The second kappa shape index (κ2) is 7.51. The Morgan fingerprint density at radius 2 is 2.20 bits per heavy atom. The highest BCUT2D eigenvalue weighted by molar-refractivity contribution is 5.88. The highest BCUT2D eigenvalue weighted by Crippen LogP contribution is 2.19. The molecule has 0 unspecified atom stereocenters. The van der Waals surface area contributed by atoms with Gasteiger partial charge in [-0.15, -0.1) is 0 Å². The molecule has 3 rings (SSSR count). The van der Waals surface area contributed by atoms with Crippen molar-refractivity contribution in [2.45, 2.75) is 45.2 Å². The summed E-state index contributed by atoms with van der Waals surface area (Å²) in [6.07, 6.45) is 5.62. The number of amides is 2. The predicted molar refractivity (Wildman–Crippen MR) is 95.1 cm³/mol. The molecule has 25 heavy (non-hydrogen) atoms. The molecule has 0 bridgehead atoms. The molecule has 0 spiro atoms. The Labute approximate surface area is 147 Å². The maximum Gasteiger partial charge on any atom is 0.243 e. The lowest BCUT2D eigenvalue weighted by molar-refractivity contribution is -0.137. The Morgan fingerprint density at radius 3 is 2.84 bits per heavy atom. The molecule has 1 aromatic heterocycles. The minimum absolute atomic E-state index is 0.0790. The minimum Gasteiger partial charge on any atom is -0.348 e. The number of likely N-dealkylation sites (tertiary alicyclic amines) is 1. The lowest BCUT2D eigenvalue weighted by atomic mass is 10.1. The molecule has 0 aliphatic carbocycles. The molecule has 1 saturated heterocycles. The van der Waals surface area contributed by atoms with Gasteiger partial charge in [0, 0.05) is 25.4 Å². The summed E-state index contributed by atoms with van der Waals surface area (Å²) in [5, 5.41) is 7.29. The fourth-order valence-electron chi connectivity index (χ4n) is 3.30. The first kappa shape index (κ1) is 17.2. The average Bonchev–Trinajstić information content (AvgIpc) is 3.28. The molecule has 2 aromatic rings. The predicted octanol–water partition coefficient (Wildman–Crippen LogP) is 2.45. The van der Waals surface area contributed by atoms with Gasteiger partial charge in [-0.05, 0) is 43.5 Å². The van der Waals surface area contributed by atoms with E-state index in [-0.39, 0.29) is 23.9 Å². The van der Waals surface area contributed by atoms with Crippen molar-refractivity contribution in [1.82, 2.24) is 20.0 Å². The van der Waals surface area contributed by atoms with Crippen LogP contribution in [0.2, 0.25) is 0 Å². The molecule has 0 radical (unpaired) electrons. The maximum atomic E-state index is 12.7. The topological polar surface area (TPSA) is 67.2 Å². The number of rotatable bonds is 6. The van der Waals surface area contributed by atoms with Gasteiger partial charge in [0.15, 0.2) is 0 Å². The third-order valence-electron chi connectivity index (χ3n) is 4.67. The van der Waals surface area contributed by atoms with Crippen molar-refractivity contribution in [3.8, 4) is 5.69 Å². The highest BCUT2D eigenvalue weighted by Gasteiger charge is 2.32. The van der Waals surface area contributed by atoms with E-state index in [9.17, 15) is 9.59 Å². The van der Waals surface area contributed by atoms with Crippen molar-refractivity contribution < 1.29 is 9.59 Å². The second-order valence-corrected chi connectivity index (χ2v) is 6.39. The van der Waals surface area contributed by atoms with Crippen LogP contribution in [0.4, 0.5) is 0 Å². The van der Waals surface area contributed by atoms with Crippen LogP contribution in [0.3, 0.4) is 0 Å². The molecular formula is C19H24N4O2. The molecule has 6 nitrogen and oxygen atoms in total. The fourth-order valence-corrected chi connectivity index (χ4v) is 3.30. The van der Waals surface area contributed by atoms with Crippen LogP contribution in [0.25, 0.3) is 5.69 Å². The van der Waals surface area contributed by atoms with Crippen LogP contribution in [0.15, 0.2) is 42.7 Å². The van der Waals surface area contributed by atoms with Crippen LogP contribution in [0.1, 0.15) is 44.7 Å². The molecule has 132 valence electrons. The number of nitrogens with one attached hydrogen (secondary N) is 1. The van der Waals surface area contributed by atoms with E-state index in [1.54, 1.807) is 15.8 Å².